The van der Waals surface area contributed by atoms with Crippen LogP contribution in [0.15, 0.2) is 48.5 Å². The first-order valence-corrected chi connectivity index (χ1v) is 8.44. The Hall–Kier alpha value is -3.02. The fourth-order valence-corrected chi connectivity index (χ4v) is 2.77. The zero-order valence-corrected chi connectivity index (χ0v) is 14.6. The molecule has 6 heteroatoms. The van der Waals surface area contributed by atoms with E-state index in [9.17, 15) is 24.9 Å². The second-order valence-electron chi connectivity index (χ2n) is 6.33. The molecule has 2 unspecified atom stereocenters. The summed E-state index contributed by atoms with van der Waals surface area (Å²) in [5.41, 5.74) is 1.47. The van der Waals surface area contributed by atoms with Gasteiger partial charge in [0.1, 0.15) is 17.5 Å². The van der Waals surface area contributed by atoms with Crippen molar-refractivity contribution >= 4 is 11.9 Å². The molecule has 138 valence electrons. The second-order valence-corrected chi connectivity index (χ2v) is 6.33. The molecule has 0 aliphatic heterocycles. The van der Waals surface area contributed by atoms with Crippen LogP contribution in [-0.4, -0.2) is 33.2 Å². The summed E-state index contributed by atoms with van der Waals surface area (Å²) in [6, 6.07) is 12.5. The van der Waals surface area contributed by atoms with E-state index < -0.39 is 12.0 Å². The van der Waals surface area contributed by atoms with E-state index >= 15 is 0 Å². The minimum Gasteiger partial charge on any atom is -0.508 e. The number of carbonyl (C=O) groups is 2. The molecule has 0 saturated carbocycles. The number of phenols is 2. The standard InChI is InChI=1S/C20H23NO5/c1-13(16-9-8-15(22)12-18(16)23)7-10-19(24)21-17(20(25)26)11-14-5-3-2-4-6-14/h2-6,8-9,12-13,17,22-23H,7,10-11H2,1H3,(H,21,24)(H,25,26). The van der Waals surface area contributed by atoms with Gasteiger partial charge in [-0.3, -0.25) is 4.79 Å². The summed E-state index contributed by atoms with van der Waals surface area (Å²) in [6.45, 7) is 1.86. The van der Waals surface area contributed by atoms with E-state index in [1.165, 1.54) is 12.1 Å². The van der Waals surface area contributed by atoms with Gasteiger partial charge in [-0.2, -0.15) is 0 Å². The van der Waals surface area contributed by atoms with Crippen LogP contribution in [0.1, 0.15) is 36.8 Å². The maximum Gasteiger partial charge on any atom is 0.326 e. The fourth-order valence-electron chi connectivity index (χ4n) is 2.77. The van der Waals surface area contributed by atoms with Gasteiger partial charge in [-0.15, -0.1) is 0 Å². The zero-order valence-electron chi connectivity index (χ0n) is 14.6. The Morgan fingerprint density at radius 2 is 1.77 bits per heavy atom. The lowest BCUT2D eigenvalue weighted by Gasteiger charge is -2.17. The van der Waals surface area contributed by atoms with Crippen molar-refractivity contribution in [3.8, 4) is 11.5 Å². The maximum absolute atomic E-state index is 12.1. The number of aliphatic carboxylic acids is 1. The molecule has 2 rings (SSSR count). The second kappa shape index (κ2) is 8.89. The number of amides is 1. The van der Waals surface area contributed by atoms with Gasteiger partial charge in [-0.1, -0.05) is 43.3 Å². The monoisotopic (exact) mass is 357 g/mol. The number of nitrogens with one attached hydrogen (secondary N) is 1. The number of carboxylic acids is 1. The highest BCUT2D eigenvalue weighted by atomic mass is 16.4. The molecule has 4 N–H and O–H groups in total. The first-order chi connectivity index (χ1) is 12.4. The van der Waals surface area contributed by atoms with Crippen LogP contribution >= 0.6 is 0 Å². The molecule has 2 atom stereocenters. The average Bonchev–Trinajstić information content (AvgIpc) is 2.60. The molecule has 0 spiro atoms. The molecule has 0 aliphatic rings. The molecule has 0 aliphatic carbocycles. The maximum atomic E-state index is 12.1. The predicted octanol–water partition coefficient (Wildman–Crippen LogP) is 2.79. The molecule has 0 saturated heterocycles. The van der Waals surface area contributed by atoms with Crippen molar-refractivity contribution in [2.45, 2.75) is 38.1 Å². The van der Waals surface area contributed by atoms with Crippen molar-refractivity contribution < 1.29 is 24.9 Å². The number of phenolic OH excluding ortho intramolecular Hbond substituents is 2. The van der Waals surface area contributed by atoms with E-state index in [1.807, 2.05) is 37.3 Å². The minimum atomic E-state index is -1.08. The van der Waals surface area contributed by atoms with Gasteiger partial charge in [0, 0.05) is 18.9 Å². The predicted molar refractivity (Wildman–Crippen MR) is 97.1 cm³/mol. The van der Waals surface area contributed by atoms with Crippen molar-refractivity contribution in [2.75, 3.05) is 0 Å². The van der Waals surface area contributed by atoms with Gasteiger partial charge in [0.25, 0.3) is 0 Å². The van der Waals surface area contributed by atoms with E-state index in [4.69, 9.17) is 0 Å². The highest BCUT2D eigenvalue weighted by Crippen LogP contribution is 2.31. The topological polar surface area (TPSA) is 107 Å². The van der Waals surface area contributed by atoms with Gasteiger partial charge in [0.2, 0.25) is 5.91 Å². The number of hydrogen-bond donors (Lipinski definition) is 4. The number of carboxylic acid groups (broad SMARTS) is 1. The lowest BCUT2D eigenvalue weighted by Crippen LogP contribution is -2.42. The molecule has 0 aromatic heterocycles. The molecule has 0 heterocycles. The molecular formula is C20H23NO5. The lowest BCUT2D eigenvalue weighted by molar-refractivity contribution is -0.141. The minimum absolute atomic E-state index is 0.0228. The molecule has 0 bridgehead atoms. The van der Waals surface area contributed by atoms with Gasteiger partial charge >= 0.3 is 5.97 Å². The van der Waals surface area contributed by atoms with Crippen molar-refractivity contribution in [1.29, 1.82) is 0 Å². The smallest absolute Gasteiger partial charge is 0.326 e. The van der Waals surface area contributed by atoms with Gasteiger partial charge < -0.3 is 20.6 Å². The van der Waals surface area contributed by atoms with Crippen molar-refractivity contribution in [3.63, 3.8) is 0 Å². The van der Waals surface area contributed by atoms with E-state index in [0.29, 0.717) is 12.0 Å². The van der Waals surface area contributed by atoms with Crippen LogP contribution in [0.5, 0.6) is 11.5 Å². The summed E-state index contributed by atoms with van der Waals surface area (Å²) < 4.78 is 0. The first-order valence-electron chi connectivity index (χ1n) is 8.44. The fraction of sp³-hybridized carbons (Fsp3) is 0.300. The Kier molecular flexibility index (Phi) is 6.60. The van der Waals surface area contributed by atoms with Crippen molar-refractivity contribution in [1.82, 2.24) is 5.32 Å². The van der Waals surface area contributed by atoms with Gasteiger partial charge in [0.05, 0.1) is 0 Å². The van der Waals surface area contributed by atoms with E-state index in [2.05, 4.69) is 5.32 Å². The molecule has 2 aromatic carbocycles. The van der Waals surface area contributed by atoms with Crippen LogP contribution in [0.4, 0.5) is 0 Å². The third-order valence-electron chi connectivity index (χ3n) is 4.27. The number of hydrogen-bond acceptors (Lipinski definition) is 4. The first kappa shape index (κ1) is 19.3. The lowest BCUT2D eigenvalue weighted by atomic mass is 9.95. The molecule has 6 nitrogen and oxygen atoms in total. The Morgan fingerprint density at radius 3 is 2.38 bits per heavy atom. The van der Waals surface area contributed by atoms with Crippen molar-refractivity contribution in [3.05, 3.63) is 59.7 Å². The summed E-state index contributed by atoms with van der Waals surface area (Å²) >= 11 is 0. The highest BCUT2D eigenvalue weighted by molar-refractivity contribution is 5.83. The van der Waals surface area contributed by atoms with Crippen LogP contribution in [0, 0.1) is 0 Å². The average molecular weight is 357 g/mol. The molecule has 0 fully saturated rings. The normalized spacial score (nSPS) is 13.0. The van der Waals surface area contributed by atoms with Gasteiger partial charge in [-0.05, 0) is 29.5 Å². The van der Waals surface area contributed by atoms with Crippen molar-refractivity contribution in [2.24, 2.45) is 0 Å². The molecule has 2 aromatic rings. The number of benzene rings is 2. The Balaban J connectivity index is 1.90. The van der Waals surface area contributed by atoms with Crippen LogP contribution in [0.2, 0.25) is 0 Å². The van der Waals surface area contributed by atoms with E-state index in [-0.39, 0.29) is 36.2 Å². The van der Waals surface area contributed by atoms with Crippen LogP contribution in [0.25, 0.3) is 0 Å². The summed E-state index contributed by atoms with van der Waals surface area (Å²) in [7, 11) is 0. The van der Waals surface area contributed by atoms with Crippen LogP contribution in [-0.2, 0) is 16.0 Å². The third-order valence-corrected chi connectivity index (χ3v) is 4.27. The summed E-state index contributed by atoms with van der Waals surface area (Å²) in [4.78, 5) is 23.6. The SMILES string of the molecule is CC(CCC(=O)NC(Cc1ccccc1)C(=O)O)c1ccc(O)cc1O. The number of carbonyl (C=O) groups excluding carboxylic acids is 1. The third kappa shape index (κ3) is 5.51. The Labute approximate surface area is 152 Å². The van der Waals surface area contributed by atoms with Crippen LogP contribution in [0.3, 0.4) is 0 Å². The van der Waals surface area contributed by atoms with Gasteiger partial charge in [-0.25, -0.2) is 4.79 Å². The number of aromatic hydroxyl groups is 2. The molecule has 26 heavy (non-hydrogen) atoms. The number of rotatable bonds is 8. The molecule has 0 radical (unpaired) electrons. The largest absolute Gasteiger partial charge is 0.508 e. The summed E-state index contributed by atoms with van der Waals surface area (Å²) in [5.74, 6) is -1.59. The van der Waals surface area contributed by atoms with E-state index in [1.54, 1.807) is 6.07 Å². The van der Waals surface area contributed by atoms with E-state index in [0.717, 1.165) is 5.56 Å². The molecular weight excluding hydrogens is 334 g/mol. The zero-order chi connectivity index (χ0) is 19.1. The summed E-state index contributed by atoms with van der Waals surface area (Å²) in [5, 5.41) is 31.1. The Morgan fingerprint density at radius 1 is 1.08 bits per heavy atom. The van der Waals surface area contributed by atoms with Crippen LogP contribution < -0.4 is 5.32 Å². The van der Waals surface area contributed by atoms with Gasteiger partial charge in [0.15, 0.2) is 0 Å². The summed E-state index contributed by atoms with van der Waals surface area (Å²) in [6.07, 6.45) is 0.804. The quantitative estimate of drug-likeness (QED) is 0.581. The highest BCUT2D eigenvalue weighted by Gasteiger charge is 2.21. The Bertz CT molecular complexity index is 760. The molecule has 1 amide bonds.